The Hall–Kier alpha value is -0.0900. The van der Waals surface area contributed by atoms with Crippen LogP contribution in [0.25, 0.3) is 0 Å². The topological polar surface area (TPSA) is 12.0 Å². The molecule has 0 aliphatic rings. The van der Waals surface area contributed by atoms with Gasteiger partial charge in [-0.1, -0.05) is 65.3 Å². The quantitative estimate of drug-likeness (QED) is 0.430. The van der Waals surface area contributed by atoms with Gasteiger partial charge in [0.15, 0.2) is 0 Å². The van der Waals surface area contributed by atoms with E-state index >= 15 is 0 Å². The van der Waals surface area contributed by atoms with Crippen molar-refractivity contribution >= 4 is 22.6 Å². The fraction of sp³-hybridized carbons (Fsp3) is 0.571. The number of rotatable bonds is 8. The average molecular weight is 331 g/mol. The Labute approximate surface area is 113 Å². The molecule has 0 amide bonds. The van der Waals surface area contributed by atoms with E-state index in [1.165, 1.54) is 41.2 Å². The average Bonchev–Trinajstić information content (AvgIpc) is 2.28. The van der Waals surface area contributed by atoms with Crippen molar-refractivity contribution in [2.75, 3.05) is 11.0 Å². The number of unbranched alkanes of at least 4 members (excludes halogenated alkanes) is 3. The lowest BCUT2D eigenvalue weighted by Gasteiger charge is -2.05. The monoisotopic (exact) mass is 331 g/mol. The third kappa shape index (κ3) is 6.48. The number of benzene rings is 1. The molecular weight excluding hydrogens is 309 g/mol. The van der Waals surface area contributed by atoms with Crippen LogP contribution in [-0.2, 0) is 6.54 Å². The fourth-order valence-corrected chi connectivity index (χ4v) is 2.29. The zero-order chi connectivity index (χ0) is 11.6. The van der Waals surface area contributed by atoms with Gasteiger partial charge in [0, 0.05) is 6.54 Å². The summed E-state index contributed by atoms with van der Waals surface area (Å²) in [5, 5.41) is 3.50. The Morgan fingerprint density at radius 2 is 1.94 bits per heavy atom. The fourth-order valence-electron chi connectivity index (χ4n) is 1.75. The minimum Gasteiger partial charge on any atom is -0.313 e. The minimum atomic E-state index is 1.01. The Morgan fingerprint density at radius 3 is 2.69 bits per heavy atom. The van der Waals surface area contributed by atoms with Crippen LogP contribution in [0.3, 0.4) is 0 Å². The van der Waals surface area contributed by atoms with Crippen molar-refractivity contribution in [1.29, 1.82) is 0 Å². The van der Waals surface area contributed by atoms with Gasteiger partial charge in [-0.15, -0.1) is 0 Å². The maximum atomic E-state index is 3.50. The molecule has 0 aromatic heterocycles. The molecule has 1 rings (SSSR count). The molecule has 0 aliphatic carbocycles. The summed E-state index contributed by atoms with van der Waals surface area (Å²) in [4.78, 5) is 0. The molecule has 0 aliphatic heterocycles. The molecule has 0 saturated heterocycles. The van der Waals surface area contributed by atoms with Gasteiger partial charge in [0.1, 0.15) is 0 Å². The van der Waals surface area contributed by atoms with E-state index in [0.29, 0.717) is 0 Å². The van der Waals surface area contributed by atoms with E-state index < -0.39 is 0 Å². The van der Waals surface area contributed by atoms with Crippen LogP contribution in [0.4, 0.5) is 0 Å². The van der Waals surface area contributed by atoms with Crippen molar-refractivity contribution in [3.8, 4) is 0 Å². The Bertz CT molecular complexity index is 286. The molecule has 1 aromatic rings. The summed E-state index contributed by atoms with van der Waals surface area (Å²) in [7, 11) is 0. The molecule has 90 valence electrons. The van der Waals surface area contributed by atoms with Crippen LogP contribution in [-0.4, -0.2) is 11.0 Å². The second-order valence-corrected chi connectivity index (χ2v) is 5.35. The second kappa shape index (κ2) is 8.99. The summed E-state index contributed by atoms with van der Waals surface area (Å²) < 4.78 is 1.30. The van der Waals surface area contributed by atoms with Crippen LogP contribution in [0.2, 0.25) is 0 Å². The zero-order valence-electron chi connectivity index (χ0n) is 10.1. The van der Waals surface area contributed by atoms with Crippen LogP contribution < -0.4 is 5.32 Å². The molecular formula is C14H22IN. The molecule has 0 atom stereocenters. The summed E-state index contributed by atoms with van der Waals surface area (Å²) in [5.41, 5.74) is 2.74. The van der Waals surface area contributed by atoms with Crippen molar-refractivity contribution < 1.29 is 0 Å². The van der Waals surface area contributed by atoms with E-state index in [2.05, 4.69) is 59.1 Å². The van der Waals surface area contributed by atoms with Gasteiger partial charge in [-0.3, -0.25) is 0 Å². The van der Waals surface area contributed by atoms with Gasteiger partial charge in [0.05, 0.1) is 0 Å². The Kier molecular flexibility index (Phi) is 7.85. The van der Waals surface area contributed by atoms with E-state index in [1.54, 1.807) is 0 Å². The SMILES string of the molecule is Cc1cccc(CNCCCCCCI)c1. The molecule has 16 heavy (non-hydrogen) atoms. The van der Waals surface area contributed by atoms with Crippen molar-refractivity contribution in [1.82, 2.24) is 5.32 Å². The predicted molar refractivity (Wildman–Crippen MR) is 80.2 cm³/mol. The van der Waals surface area contributed by atoms with Crippen LogP contribution in [0.1, 0.15) is 36.8 Å². The first-order valence-corrected chi connectivity index (χ1v) is 7.67. The van der Waals surface area contributed by atoms with Gasteiger partial charge >= 0.3 is 0 Å². The highest BCUT2D eigenvalue weighted by Gasteiger charge is 1.93. The molecule has 0 saturated carbocycles. The van der Waals surface area contributed by atoms with Gasteiger partial charge in [0.2, 0.25) is 0 Å². The van der Waals surface area contributed by atoms with E-state index in [0.717, 1.165) is 13.1 Å². The molecule has 0 bridgehead atoms. The van der Waals surface area contributed by atoms with Gasteiger partial charge in [-0.05, 0) is 36.3 Å². The van der Waals surface area contributed by atoms with Gasteiger partial charge in [0.25, 0.3) is 0 Å². The second-order valence-electron chi connectivity index (χ2n) is 4.27. The summed E-state index contributed by atoms with van der Waals surface area (Å²) in [6, 6.07) is 8.72. The first kappa shape index (κ1) is 14.0. The predicted octanol–water partition coefficient (Wildman–Crippen LogP) is 4.08. The molecule has 1 aromatic carbocycles. The molecule has 0 spiro atoms. The normalized spacial score (nSPS) is 10.6. The smallest absolute Gasteiger partial charge is 0.0205 e. The van der Waals surface area contributed by atoms with Crippen LogP contribution >= 0.6 is 22.6 Å². The van der Waals surface area contributed by atoms with Crippen molar-refractivity contribution in [2.45, 2.75) is 39.2 Å². The van der Waals surface area contributed by atoms with Crippen LogP contribution in [0, 0.1) is 6.92 Å². The molecule has 0 unspecified atom stereocenters. The minimum absolute atomic E-state index is 1.01. The molecule has 0 radical (unpaired) electrons. The highest BCUT2D eigenvalue weighted by molar-refractivity contribution is 14.1. The molecule has 1 nitrogen and oxygen atoms in total. The number of alkyl halides is 1. The maximum Gasteiger partial charge on any atom is 0.0205 e. The molecule has 2 heteroatoms. The summed E-state index contributed by atoms with van der Waals surface area (Å²) in [6.45, 7) is 4.30. The zero-order valence-corrected chi connectivity index (χ0v) is 12.3. The summed E-state index contributed by atoms with van der Waals surface area (Å²) >= 11 is 2.45. The van der Waals surface area contributed by atoms with E-state index in [9.17, 15) is 0 Å². The largest absolute Gasteiger partial charge is 0.313 e. The van der Waals surface area contributed by atoms with Crippen molar-refractivity contribution in [2.24, 2.45) is 0 Å². The number of hydrogen-bond donors (Lipinski definition) is 1. The van der Waals surface area contributed by atoms with Gasteiger partial charge in [-0.25, -0.2) is 0 Å². The maximum absolute atomic E-state index is 3.50. The molecule has 0 heterocycles. The standard InChI is InChI=1S/C14H22IN/c1-13-7-6-8-14(11-13)12-16-10-5-3-2-4-9-15/h6-8,11,16H,2-5,9-10,12H2,1H3. The first-order chi connectivity index (χ1) is 7.83. The number of halogens is 1. The highest BCUT2D eigenvalue weighted by Crippen LogP contribution is 2.04. The van der Waals surface area contributed by atoms with E-state index in [4.69, 9.17) is 0 Å². The van der Waals surface area contributed by atoms with E-state index in [1.807, 2.05) is 0 Å². The van der Waals surface area contributed by atoms with Crippen molar-refractivity contribution in [3.05, 3.63) is 35.4 Å². The van der Waals surface area contributed by atoms with Gasteiger partial charge < -0.3 is 5.32 Å². The summed E-state index contributed by atoms with van der Waals surface area (Å²) in [6.07, 6.45) is 5.43. The molecule has 1 N–H and O–H groups in total. The van der Waals surface area contributed by atoms with Crippen molar-refractivity contribution in [3.63, 3.8) is 0 Å². The van der Waals surface area contributed by atoms with Crippen LogP contribution in [0.15, 0.2) is 24.3 Å². The third-order valence-corrected chi connectivity index (χ3v) is 3.41. The van der Waals surface area contributed by atoms with Gasteiger partial charge in [-0.2, -0.15) is 0 Å². The lowest BCUT2D eigenvalue weighted by molar-refractivity contribution is 0.600. The third-order valence-electron chi connectivity index (χ3n) is 2.65. The number of aryl methyl sites for hydroxylation is 1. The lowest BCUT2D eigenvalue weighted by atomic mass is 10.1. The lowest BCUT2D eigenvalue weighted by Crippen LogP contribution is -2.14. The number of hydrogen-bond acceptors (Lipinski definition) is 1. The Morgan fingerprint density at radius 1 is 1.12 bits per heavy atom. The first-order valence-electron chi connectivity index (χ1n) is 6.15. The highest BCUT2D eigenvalue weighted by atomic mass is 127. The summed E-state index contributed by atoms with van der Waals surface area (Å²) in [5.74, 6) is 0. The Balaban J connectivity index is 2.03. The number of nitrogens with one attached hydrogen (secondary N) is 1. The molecule has 0 fully saturated rings. The van der Waals surface area contributed by atoms with Crippen LogP contribution in [0.5, 0.6) is 0 Å². The van der Waals surface area contributed by atoms with E-state index in [-0.39, 0.29) is 0 Å².